The van der Waals surface area contributed by atoms with Crippen molar-refractivity contribution < 1.29 is 18.4 Å². The highest BCUT2D eigenvalue weighted by Crippen LogP contribution is 2.40. The van der Waals surface area contributed by atoms with Crippen LogP contribution in [0.2, 0.25) is 5.02 Å². The fourth-order valence-corrected chi connectivity index (χ4v) is 4.33. The molecule has 3 rings (SSSR count). The van der Waals surface area contributed by atoms with Crippen molar-refractivity contribution in [2.45, 2.75) is 23.3 Å². The molecule has 27 heavy (non-hydrogen) atoms. The Bertz CT molecular complexity index is 985. The van der Waals surface area contributed by atoms with Crippen molar-refractivity contribution in [3.8, 4) is 0 Å². The molecule has 0 aliphatic carbocycles. The SMILES string of the molecule is CS(=O)(=O)c1ccc(N2CCC(O)(c3ccccc3Cl)CC2)c([N+](=O)[O-])c1. The van der Waals surface area contributed by atoms with E-state index in [0.29, 0.717) is 42.2 Å². The van der Waals surface area contributed by atoms with Gasteiger partial charge in [0.05, 0.1) is 15.4 Å². The predicted octanol–water partition coefficient (Wildman–Crippen LogP) is 3.14. The number of hydrogen-bond donors (Lipinski definition) is 1. The maximum atomic E-state index is 11.7. The summed E-state index contributed by atoms with van der Waals surface area (Å²) in [5.41, 5.74) is -0.376. The minimum Gasteiger partial charge on any atom is -0.385 e. The van der Waals surface area contributed by atoms with Crippen molar-refractivity contribution >= 4 is 32.8 Å². The van der Waals surface area contributed by atoms with Crippen molar-refractivity contribution in [2.24, 2.45) is 0 Å². The van der Waals surface area contributed by atoms with Gasteiger partial charge < -0.3 is 10.0 Å². The first-order chi connectivity index (χ1) is 12.6. The van der Waals surface area contributed by atoms with Gasteiger partial charge in [-0.2, -0.15) is 0 Å². The van der Waals surface area contributed by atoms with E-state index in [4.69, 9.17) is 11.6 Å². The molecule has 0 aromatic heterocycles. The molecule has 0 unspecified atom stereocenters. The normalized spacial score (nSPS) is 16.9. The highest BCUT2D eigenvalue weighted by atomic mass is 35.5. The number of piperidine rings is 1. The number of hydrogen-bond acceptors (Lipinski definition) is 6. The second-order valence-corrected chi connectivity index (χ2v) is 9.10. The maximum Gasteiger partial charge on any atom is 0.293 e. The van der Waals surface area contributed by atoms with Crippen molar-refractivity contribution in [1.82, 2.24) is 0 Å². The molecule has 1 heterocycles. The van der Waals surface area contributed by atoms with E-state index in [1.807, 2.05) is 0 Å². The number of nitro benzene ring substituents is 1. The summed E-state index contributed by atoms with van der Waals surface area (Å²) < 4.78 is 23.4. The number of anilines is 1. The molecule has 0 spiro atoms. The van der Waals surface area contributed by atoms with Crippen LogP contribution in [0.25, 0.3) is 0 Å². The van der Waals surface area contributed by atoms with Crippen LogP contribution in [0, 0.1) is 10.1 Å². The molecule has 0 bridgehead atoms. The van der Waals surface area contributed by atoms with Gasteiger partial charge in [-0.15, -0.1) is 0 Å². The topological polar surface area (TPSA) is 101 Å². The summed E-state index contributed by atoms with van der Waals surface area (Å²) in [4.78, 5) is 12.6. The van der Waals surface area contributed by atoms with Gasteiger partial charge in [-0.3, -0.25) is 10.1 Å². The number of nitro groups is 1. The van der Waals surface area contributed by atoms with Gasteiger partial charge >= 0.3 is 0 Å². The lowest BCUT2D eigenvalue weighted by Crippen LogP contribution is -2.43. The molecule has 9 heteroatoms. The Morgan fingerprint density at radius 3 is 2.37 bits per heavy atom. The highest BCUT2D eigenvalue weighted by Gasteiger charge is 2.37. The van der Waals surface area contributed by atoms with Gasteiger partial charge in [0.2, 0.25) is 0 Å². The van der Waals surface area contributed by atoms with Gasteiger partial charge in [-0.05, 0) is 31.0 Å². The zero-order chi connectivity index (χ0) is 19.8. The summed E-state index contributed by atoms with van der Waals surface area (Å²) >= 11 is 6.21. The van der Waals surface area contributed by atoms with E-state index in [0.717, 1.165) is 12.3 Å². The summed E-state index contributed by atoms with van der Waals surface area (Å²) in [7, 11) is -3.54. The number of nitrogens with zero attached hydrogens (tertiary/aromatic N) is 2. The fraction of sp³-hybridized carbons (Fsp3) is 0.333. The zero-order valence-corrected chi connectivity index (χ0v) is 16.2. The molecular weight excluding hydrogens is 392 g/mol. The minimum atomic E-state index is -3.54. The first kappa shape index (κ1) is 19.6. The number of sulfone groups is 1. The second kappa shape index (κ2) is 7.10. The highest BCUT2D eigenvalue weighted by molar-refractivity contribution is 7.90. The van der Waals surface area contributed by atoms with Gasteiger partial charge in [0, 0.05) is 36.0 Å². The van der Waals surface area contributed by atoms with Crippen LogP contribution < -0.4 is 4.90 Å². The van der Waals surface area contributed by atoms with Gasteiger partial charge in [0.1, 0.15) is 5.69 Å². The Balaban J connectivity index is 1.88. The van der Waals surface area contributed by atoms with Gasteiger partial charge in [0.15, 0.2) is 9.84 Å². The molecule has 0 amide bonds. The zero-order valence-electron chi connectivity index (χ0n) is 14.6. The Morgan fingerprint density at radius 1 is 1.19 bits per heavy atom. The lowest BCUT2D eigenvalue weighted by molar-refractivity contribution is -0.384. The molecule has 0 radical (unpaired) electrons. The maximum absolute atomic E-state index is 11.7. The van der Waals surface area contributed by atoms with E-state index in [2.05, 4.69) is 0 Å². The molecular formula is C18H19ClN2O5S. The van der Waals surface area contributed by atoms with E-state index in [1.165, 1.54) is 12.1 Å². The third-order valence-electron chi connectivity index (χ3n) is 4.88. The van der Waals surface area contributed by atoms with E-state index in [9.17, 15) is 23.6 Å². The molecule has 7 nitrogen and oxygen atoms in total. The molecule has 2 aromatic rings. The second-order valence-electron chi connectivity index (χ2n) is 6.68. The van der Waals surface area contributed by atoms with E-state index in [-0.39, 0.29) is 10.6 Å². The Hall–Kier alpha value is -2.16. The van der Waals surface area contributed by atoms with Crippen LogP contribution in [0.5, 0.6) is 0 Å². The quantitative estimate of drug-likeness (QED) is 0.613. The van der Waals surface area contributed by atoms with Crippen LogP contribution in [0.3, 0.4) is 0 Å². The average Bonchev–Trinajstić information content (AvgIpc) is 2.61. The van der Waals surface area contributed by atoms with Crippen molar-refractivity contribution in [2.75, 3.05) is 24.2 Å². The number of benzene rings is 2. The fourth-order valence-electron chi connectivity index (χ4n) is 3.37. The molecule has 1 aliphatic rings. The van der Waals surface area contributed by atoms with E-state index < -0.39 is 20.4 Å². The van der Waals surface area contributed by atoms with Crippen LogP contribution in [-0.4, -0.2) is 37.8 Å². The Labute approximate surface area is 162 Å². The lowest BCUT2D eigenvalue weighted by Gasteiger charge is -2.39. The number of halogens is 1. The first-order valence-corrected chi connectivity index (χ1v) is 10.6. The molecule has 144 valence electrons. The average molecular weight is 411 g/mol. The van der Waals surface area contributed by atoms with E-state index >= 15 is 0 Å². The minimum absolute atomic E-state index is 0.0949. The monoisotopic (exact) mass is 410 g/mol. The van der Waals surface area contributed by atoms with Gasteiger partial charge in [-0.1, -0.05) is 29.8 Å². The smallest absolute Gasteiger partial charge is 0.293 e. The summed E-state index contributed by atoms with van der Waals surface area (Å²) in [5.74, 6) is 0. The molecule has 1 fully saturated rings. The third-order valence-corrected chi connectivity index (χ3v) is 6.32. The number of rotatable bonds is 4. The van der Waals surface area contributed by atoms with Crippen LogP contribution >= 0.6 is 11.6 Å². The molecule has 2 aromatic carbocycles. The molecule has 1 aliphatic heterocycles. The molecule has 1 saturated heterocycles. The Morgan fingerprint density at radius 2 is 1.81 bits per heavy atom. The summed E-state index contributed by atoms with van der Waals surface area (Å²) in [6.45, 7) is 0.752. The molecule has 1 N–H and O–H groups in total. The van der Waals surface area contributed by atoms with E-state index in [1.54, 1.807) is 29.2 Å². The summed E-state index contributed by atoms with van der Waals surface area (Å²) in [6, 6.07) is 11.0. The van der Waals surface area contributed by atoms with Gasteiger partial charge in [-0.25, -0.2) is 8.42 Å². The van der Waals surface area contributed by atoms with Crippen molar-refractivity contribution in [3.63, 3.8) is 0 Å². The summed E-state index contributed by atoms with van der Waals surface area (Å²) in [5, 5.41) is 22.9. The molecule has 0 saturated carbocycles. The van der Waals surface area contributed by atoms with Crippen LogP contribution in [0.4, 0.5) is 11.4 Å². The van der Waals surface area contributed by atoms with Crippen LogP contribution in [0.1, 0.15) is 18.4 Å². The predicted molar refractivity (Wildman–Crippen MR) is 103 cm³/mol. The first-order valence-electron chi connectivity index (χ1n) is 8.33. The van der Waals surface area contributed by atoms with Crippen molar-refractivity contribution in [1.29, 1.82) is 0 Å². The standard InChI is InChI=1S/C18H19ClN2O5S/c1-27(25,26)13-6-7-16(17(12-13)21(23)24)20-10-8-18(22,9-11-20)14-4-2-3-5-15(14)19/h2-7,12,22H,8-11H2,1H3. The summed E-state index contributed by atoms with van der Waals surface area (Å²) in [6.07, 6.45) is 1.71. The largest absolute Gasteiger partial charge is 0.385 e. The van der Waals surface area contributed by atoms with Crippen LogP contribution in [-0.2, 0) is 15.4 Å². The van der Waals surface area contributed by atoms with Crippen molar-refractivity contribution in [3.05, 3.63) is 63.2 Å². The van der Waals surface area contributed by atoms with Gasteiger partial charge in [0.25, 0.3) is 5.69 Å². The lowest BCUT2D eigenvalue weighted by atomic mass is 9.84. The van der Waals surface area contributed by atoms with Crippen LogP contribution in [0.15, 0.2) is 47.4 Å². The molecule has 0 atom stereocenters. The third kappa shape index (κ3) is 3.92. The number of aliphatic hydroxyl groups is 1. The Kier molecular flexibility index (Phi) is 5.16.